The monoisotopic (exact) mass is 214 g/mol. The smallest absolute Gasteiger partial charge is 0.0827 e. The Morgan fingerprint density at radius 1 is 1.31 bits per heavy atom. The van der Waals surface area contributed by atoms with Crippen LogP contribution in [0.4, 0.5) is 0 Å². The number of rotatable bonds is 2. The van der Waals surface area contributed by atoms with Crippen LogP contribution in [0.15, 0.2) is 18.2 Å². The molecule has 0 amide bonds. The van der Waals surface area contributed by atoms with Crippen molar-refractivity contribution in [1.82, 2.24) is 0 Å². The van der Waals surface area contributed by atoms with Crippen molar-refractivity contribution in [1.29, 1.82) is 0 Å². The first-order chi connectivity index (χ1) is 5.97. The third kappa shape index (κ3) is 2.42. The molecule has 0 bridgehead atoms. The van der Waals surface area contributed by atoms with E-state index in [4.69, 9.17) is 23.2 Å². The first-order valence-electron chi connectivity index (χ1n) is 4.43. The van der Waals surface area contributed by atoms with E-state index in [1.165, 1.54) is 5.56 Å². The summed E-state index contributed by atoms with van der Waals surface area (Å²) in [6.45, 7) is 4.37. The van der Waals surface area contributed by atoms with E-state index in [0.717, 1.165) is 6.42 Å². The summed E-state index contributed by atoms with van der Waals surface area (Å²) in [6, 6.07) is 5.85. The molecule has 1 aromatic rings. The van der Waals surface area contributed by atoms with Crippen molar-refractivity contribution >= 4 is 31.0 Å². The lowest BCUT2D eigenvalue weighted by Gasteiger charge is -2.23. The van der Waals surface area contributed by atoms with Crippen molar-refractivity contribution in [2.24, 2.45) is 0 Å². The van der Waals surface area contributed by atoms with Crippen LogP contribution in [0, 0.1) is 0 Å². The van der Waals surface area contributed by atoms with Crippen molar-refractivity contribution in [3.8, 4) is 0 Å². The highest BCUT2D eigenvalue weighted by Gasteiger charge is 2.18. The van der Waals surface area contributed by atoms with Gasteiger partial charge < -0.3 is 0 Å². The molecule has 70 valence electrons. The van der Waals surface area contributed by atoms with E-state index in [1.54, 1.807) is 0 Å². The molecule has 1 rings (SSSR count). The normalized spacial score (nSPS) is 15.4. The predicted molar refractivity (Wildman–Crippen MR) is 62.6 cm³/mol. The lowest BCUT2D eigenvalue weighted by molar-refractivity contribution is 0.649. The number of hydrogen-bond acceptors (Lipinski definition) is 0. The minimum atomic E-state index is 0.175. The van der Waals surface area contributed by atoms with Crippen molar-refractivity contribution in [3.63, 3.8) is 0 Å². The Kier molecular flexibility index (Phi) is 3.31. The Hall–Kier alpha value is -0.135. The van der Waals surface area contributed by atoms with Gasteiger partial charge in [-0.25, -0.2) is 0 Å². The summed E-state index contributed by atoms with van der Waals surface area (Å²) in [6.07, 6.45) is 1.09. The molecule has 0 fully saturated rings. The topological polar surface area (TPSA) is 0 Å². The van der Waals surface area contributed by atoms with Crippen molar-refractivity contribution in [2.75, 3.05) is 0 Å². The molecule has 0 aliphatic heterocycles. The zero-order valence-corrected chi connectivity index (χ0v) is 9.71. The molecule has 0 aromatic heterocycles. The minimum Gasteiger partial charge on any atom is -0.0827 e. The largest absolute Gasteiger partial charge is 0.114 e. The Morgan fingerprint density at radius 2 is 1.92 bits per heavy atom. The van der Waals surface area contributed by atoms with Gasteiger partial charge in [0.2, 0.25) is 0 Å². The average molecular weight is 215 g/mol. The minimum absolute atomic E-state index is 0.175. The number of hydrogen-bond donors (Lipinski definition) is 0. The van der Waals surface area contributed by atoms with E-state index >= 15 is 0 Å². The highest BCUT2D eigenvalue weighted by Crippen LogP contribution is 2.29. The van der Waals surface area contributed by atoms with Crippen LogP contribution in [0.1, 0.15) is 25.8 Å². The molecule has 0 spiro atoms. The van der Waals surface area contributed by atoms with Crippen LogP contribution in [-0.2, 0) is 5.31 Å². The Bertz CT molecular complexity index is 308. The van der Waals surface area contributed by atoms with E-state index in [-0.39, 0.29) is 5.31 Å². The van der Waals surface area contributed by atoms with Gasteiger partial charge in [-0.05, 0) is 23.0 Å². The summed E-state index contributed by atoms with van der Waals surface area (Å²) < 4.78 is 0. The van der Waals surface area contributed by atoms with Gasteiger partial charge in [0.1, 0.15) is 7.85 Å². The highest BCUT2D eigenvalue weighted by atomic mass is 35.5. The molecule has 0 saturated heterocycles. The predicted octanol–water partition coefficient (Wildman–Crippen LogP) is 3.25. The van der Waals surface area contributed by atoms with Crippen LogP contribution in [-0.4, -0.2) is 7.85 Å². The first kappa shape index (κ1) is 10.9. The Morgan fingerprint density at radius 3 is 2.38 bits per heavy atom. The van der Waals surface area contributed by atoms with Gasteiger partial charge in [0.25, 0.3) is 0 Å². The van der Waals surface area contributed by atoms with E-state index in [0.29, 0.717) is 10.0 Å². The van der Waals surface area contributed by atoms with Crippen LogP contribution in [0.3, 0.4) is 0 Å². The zero-order valence-electron chi connectivity index (χ0n) is 8.20. The molecule has 0 aliphatic carbocycles. The lowest BCUT2D eigenvalue weighted by Crippen LogP contribution is -2.20. The highest BCUT2D eigenvalue weighted by molar-refractivity contribution is 6.42. The Balaban J connectivity index is 3.10. The molecule has 0 heterocycles. The summed E-state index contributed by atoms with van der Waals surface area (Å²) in [7, 11) is 2.20. The quantitative estimate of drug-likeness (QED) is 0.664. The van der Waals surface area contributed by atoms with Gasteiger partial charge in [-0.1, -0.05) is 49.5 Å². The summed E-state index contributed by atoms with van der Waals surface area (Å²) in [4.78, 5) is 0. The van der Waals surface area contributed by atoms with Crippen LogP contribution in [0.25, 0.3) is 0 Å². The van der Waals surface area contributed by atoms with Crippen LogP contribution >= 0.6 is 23.2 Å². The molecule has 0 N–H and O–H groups in total. The molecular weight excluding hydrogens is 202 g/mol. The van der Waals surface area contributed by atoms with Gasteiger partial charge in [0.15, 0.2) is 0 Å². The van der Waals surface area contributed by atoms with E-state index < -0.39 is 0 Å². The third-order valence-corrected chi connectivity index (χ3v) is 3.32. The second-order valence-electron chi connectivity index (χ2n) is 3.87. The van der Waals surface area contributed by atoms with E-state index in [1.807, 2.05) is 18.2 Å². The fraction of sp³-hybridized carbons (Fsp3) is 0.400. The molecule has 1 atom stereocenters. The maximum atomic E-state index is 5.94. The van der Waals surface area contributed by atoms with Gasteiger partial charge in [-0.15, -0.1) is 0 Å². The first-order valence-corrected chi connectivity index (χ1v) is 5.18. The molecule has 0 saturated carbocycles. The summed E-state index contributed by atoms with van der Waals surface area (Å²) in [5.41, 5.74) is 1.24. The third-order valence-electron chi connectivity index (χ3n) is 2.58. The molecule has 0 radical (unpaired) electrons. The standard InChI is InChI=1S/C10H13BCl2/c1-3-10(2,11)7-4-5-8(12)9(13)6-7/h4-6H,3,11H2,1-2H3. The SMILES string of the molecule is BC(C)(CC)c1ccc(Cl)c(Cl)c1. The molecule has 0 nitrogen and oxygen atoms in total. The second kappa shape index (κ2) is 3.94. The molecule has 3 heteroatoms. The van der Waals surface area contributed by atoms with Crippen LogP contribution in [0.5, 0.6) is 0 Å². The van der Waals surface area contributed by atoms with E-state index in [2.05, 4.69) is 21.7 Å². The molecule has 0 aliphatic rings. The van der Waals surface area contributed by atoms with Gasteiger partial charge in [-0.2, -0.15) is 0 Å². The maximum Gasteiger partial charge on any atom is 0.114 e. The summed E-state index contributed by atoms with van der Waals surface area (Å²) in [5.74, 6) is 0. The molecule has 1 aromatic carbocycles. The zero-order chi connectivity index (χ0) is 10.1. The Labute approximate surface area is 90.6 Å². The lowest BCUT2D eigenvalue weighted by atomic mass is 9.64. The van der Waals surface area contributed by atoms with Gasteiger partial charge in [-0.3, -0.25) is 0 Å². The molecular formula is C10H13BCl2. The van der Waals surface area contributed by atoms with Crippen LogP contribution < -0.4 is 0 Å². The second-order valence-corrected chi connectivity index (χ2v) is 4.68. The van der Waals surface area contributed by atoms with E-state index in [9.17, 15) is 0 Å². The summed E-state index contributed by atoms with van der Waals surface area (Å²) >= 11 is 11.8. The molecule has 13 heavy (non-hydrogen) atoms. The van der Waals surface area contributed by atoms with Crippen molar-refractivity contribution in [3.05, 3.63) is 33.8 Å². The maximum absolute atomic E-state index is 5.94. The fourth-order valence-corrected chi connectivity index (χ4v) is 1.42. The summed E-state index contributed by atoms with van der Waals surface area (Å²) in [5, 5.41) is 1.44. The van der Waals surface area contributed by atoms with Crippen molar-refractivity contribution in [2.45, 2.75) is 25.6 Å². The van der Waals surface area contributed by atoms with Crippen molar-refractivity contribution < 1.29 is 0 Å². The molecule has 1 unspecified atom stereocenters. The number of halogens is 2. The van der Waals surface area contributed by atoms with Gasteiger partial charge in [0.05, 0.1) is 10.0 Å². The fourth-order valence-electron chi connectivity index (χ4n) is 1.12. The average Bonchev–Trinajstić information content (AvgIpc) is 2.09. The number of benzene rings is 1. The van der Waals surface area contributed by atoms with Gasteiger partial charge >= 0.3 is 0 Å². The van der Waals surface area contributed by atoms with Crippen LogP contribution in [0.2, 0.25) is 10.0 Å². The van der Waals surface area contributed by atoms with Gasteiger partial charge in [0, 0.05) is 0 Å².